The molecule has 0 bridgehead atoms. The van der Waals surface area contributed by atoms with Crippen molar-refractivity contribution in [3.63, 3.8) is 0 Å². The fraction of sp³-hybridized carbons (Fsp3) is 0.200. The van der Waals surface area contributed by atoms with Crippen LogP contribution in [0.1, 0.15) is 27.0 Å². The lowest BCUT2D eigenvalue weighted by molar-refractivity contribution is -0.138. The van der Waals surface area contributed by atoms with Crippen LogP contribution < -0.4 is 0 Å². The SMILES string of the molecule is N#Cc1ccc(CCl)c(C(=O)O)c1C(F)(F)F. The standard InChI is InChI=1S/C10H5ClF3NO2/c11-3-5-1-2-6(4-15)8(10(12,13)14)7(5)9(16)17/h1-2H,3H2,(H,16,17). The van der Waals surface area contributed by atoms with Gasteiger partial charge in [0, 0.05) is 5.88 Å². The van der Waals surface area contributed by atoms with Crippen molar-refractivity contribution in [2.45, 2.75) is 12.1 Å². The minimum atomic E-state index is -4.92. The predicted octanol–water partition coefficient (Wildman–Crippen LogP) is 3.01. The van der Waals surface area contributed by atoms with E-state index in [4.69, 9.17) is 22.0 Å². The summed E-state index contributed by atoms with van der Waals surface area (Å²) in [5.41, 5.74) is -3.33. The van der Waals surface area contributed by atoms with Crippen LogP contribution in [0.3, 0.4) is 0 Å². The van der Waals surface area contributed by atoms with Crippen LogP contribution in [0.4, 0.5) is 13.2 Å². The minimum absolute atomic E-state index is 0.175. The van der Waals surface area contributed by atoms with Gasteiger partial charge in [-0.2, -0.15) is 18.4 Å². The van der Waals surface area contributed by atoms with E-state index >= 15 is 0 Å². The number of hydrogen-bond acceptors (Lipinski definition) is 2. The van der Waals surface area contributed by atoms with Gasteiger partial charge < -0.3 is 5.11 Å². The number of alkyl halides is 4. The quantitative estimate of drug-likeness (QED) is 0.834. The number of rotatable bonds is 2. The molecule has 1 rings (SSSR count). The van der Waals surface area contributed by atoms with E-state index in [0.717, 1.165) is 12.1 Å². The third-order valence-corrected chi connectivity index (χ3v) is 2.34. The van der Waals surface area contributed by atoms with Gasteiger partial charge in [-0.25, -0.2) is 4.79 Å². The predicted molar refractivity (Wildman–Crippen MR) is 52.7 cm³/mol. The number of aromatic carboxylic acids is 1. The second-order valence-electron chi connectivity index (χ2n) is 3.07. The fourth-order valence-corrected chi connectivity index (χ4v) is 1.61. The third kappa shape index (κ3) is 2.50. The van der Waals surface area contributed by atoms with Crippen LogP contribution in [0.25, 0.3) is 0 Å². The Morgan fingerprint density at radius 3 is 2.41 bits per heavy atom. The molecule has 17 heavy (non-hydrogen) atoms. The van der Waals surface area contributed by atoms with Crippen LogP contribution in [0.2, 0.25) is 0 Å². The second kappa shape index (κ2) is 4.63. The number of nitriles is 1. The molecule has 0 unspecified atom stereocenters. The summed E-state index contributed by atoms with van der Waals surface area (Å²) in [4.78, 5) is 10.8. The summed E-state index contributed by atoms with van der Waals surface area (Å²) >= 11 is 5.38. The van der Waals surface area contributed by atoms with Gasteiger partial charge in [0.2, 0.25) is 0 Å². The van der Waals surface area contributed by atoms with Gasteiger partial charge in [0.1, 0.15) is 0 Å². The van der Waals surface area contributed by atoms with Crippen molar-refractivity contribution >= 4 is 17.6 Å². The van der Waals surface area contributed by atoms with Gasteiger partial charge in [-0.05, 0) is 11.6 Å². The molecular formula is C10H5ClF3NO2. The van der Waals surface area contributed by atoms with Crippen molar-refractivity contribution in [2.75, 3.05) is 0 Å². The maximum atomic E-state index is 12.7. The highest BCUT2D eigenvalue weighted by atomic mass is 35.5. The van der Waals surface area contributed by atoms with Gasteiger partial charge in [0.05, 0.1) is 22.8 Å². The lowest BCUT2D eigenvalue weighted by atomic mass is 9.96. The van der Waals surface area contributed by atoms with Crippen molar-refractivity contribution < 1.29 is 23.1 Å². The Balaban J connectivity index is 3.73. The molecule has 0 aliphatic rings. The summed E-state index contributed by atoms with van der Waals surface area (Å²) in [5.74, 6) is -2.14. The molecule has 0 saturated heterocycles. The highest BCUT2D eigenvalue weighted by Crippen LogP contribution is 2.36. The first-order chi connectivity index (χ1) is 7.82. The summed E-state index contributed by atoms with van der Waals surface area (Å²) in [6.45, 7) is 0. The Labute approximate surface area is 99.0 Å². The Bertz CT molecular complexity index is 505. The molecule has 90 valence electrons. The first kappa shape index (κ1) is 13.3. The highest BCUT2D eigenvalue weighted by Gasteiger charge is 2.39. The maximum absolute atomic E-state index is 12.7. The molecule has 3 nitrogen and oxygen atoms in total. The first-order valence-corrected chi connectivity index (χ1v) is 4.78. The lowest BCUT2D eigenvalue weighted by Gasteiger charge is -2.14. The van der Waals surface area contributed by atoms with E-state index in [9.17, 15) is 18.0 Å². The molecule has 1 N–H and O–H groups in total. The molecule has 0 fully saturated rings. The number of hydrogen-bond donors (Lipinski definition) is 1. The van der Waals surface area contributed by atoms with E-state index in [-0.39, 0.29) is 11.4 Å². The van der Waals surface area contributed by atoms with E-state index < -0.39 is 28.8 Å². The molecule has 0 amide bonds. The smallest absolute Gasteiger partial charge is 0.418 e. The van der Waals surface area contributed by atoms with Gasteiger partial charge in [-0.15, -0.1) is 11.6 Å². The van der Waals surface area contributed by atoms with E-state index in [1.807, 2.05) is 0 Å². The minimum Gasteiger partial charge on any atom is -0.478 e. The highest BCUT2D eigenvalue weighted by molar-refractivity contribution is 6.17. The van der Waals surface area contributed by atoms with E-state index in [1.54, 1.807) is 0 Å². The first-order valence-electron chi connectivity index (χ1n) is 4.25. The van der Waals surface area contributed by atoms with Gasteiger partial charge in [0.15, 0.2) is 0 Å². The number of halogens is 4. The second-order valence-corrected chi connectivity index (χ2v) is 3.34. The van der Waals surface area contributed by atoms with Crippen molar-refractivity contribution in [3.05, 3.63) is 34.4 Å². The third-order valence-electron chi connectivity index (χ3n) is 2.05. The maximum Gasteiger partial charge on any atom is 0.418 e. The van der Waals surface area contributed by atoms with Crippen LogP contribution in [0, 0.1) is 11.3 Å². The zero-order valence-corrected chi connectivity index (χ0v) is 8.93. The van der Waals surface area contributed by atoms with E-state index in [0.29, 0.717) is 0 Å². The fourth-order valence-electron chi connectivity index (χ4n) is 1.39. The summed E-state index contributed by atoms with van der Waals surface area (Å²) in [5, 5.41) is 17.4. The molecular weight excluding hydrogens is 259 g/mol. The Hall–Kier alpha value is -1.74. The van der Waals surface area contributed by atoms with Crippen LogP contribution in [-0.2, 0) is 12.1 Å². The zero-order chi connectivity index (χ0) is 13.2. The van der Waals surface area contributed by atoms with Crippen LogP contribution in [-0.4, -0.2) is 11.1 Å². The van der Waals surface area contributed by atoms with Crippen LogP contribution >= 0.6 is 11.6 Å². The summed E-state index contributed by atoms with van der Waals surface area (Å²) in [6.07, 6.45) is -4.92. The van der Waals surface area contributed by atoms with Crippen molar-refractivity contribution in [3.8, 4) is 6.07 Å². The number of nitrogens with zero attached hydrogens (tertiary/aromatic N) is 1. The molecule has 0 aliphatic heterocycles. The molecule has 1 aromatic carbocycles. The molecule has 0 aromatic heterocycles. The Kier molecular flexibility index (Phi) is 3.63. The topological polar surface area (TPSA) is 61.1 Å². The summed E-state index contributed by atoms with van der Waals surface area (Å²) < 4.78 is 38.1. The normalized spacial score (nSPS) is 11.0. The van der Waals surface area contributed by atoms with Gasteiger partial charge in [-0.1, -0.05) is 6.07 Å². The number of carboxylic acid groups (broad SMARTS) is 1. The number of carbonyl (C=O) groups is 1. The molecule has 1 aromatic rings. The molecule has 0 aliphatic carbocycles. The molecule has 0 spiro atoms. The average molecular weight is 264 g/mol. The van der Waals surface area contributed by atoms with Gasteiger partial charge >= 0.3 is 12.1 Å². The Morgan fingerprint density at radius 1 is 1.47 bits per heavy atom. The molecule has 7 heteroatoms. The average Bonchev–Trinajstić information content (AvgIpc) is 2.25. The van der Waals surface area contributed by atoms with Crippen molar-refractivity contribution in [2.24, 2.45) is 0 Å². The monoisotopic (exact) mass is 263 g/mol. The molecule has 0 heterocycles. The largest absolute Gasteiger partial charge is 0.478 e. The summed E-state index contributed by atoms with van der Waals surface area (Å²) in [7, 11) is 0. The van der Waals surface area contributed by atoms with Gasteiger partial charge in [-0.3, -0.25) is 0 Å². The summed E-state index contributed by atoms with van der Waals surface area (Å²) in [6, 6.07) is 3.33. The van der Waals surface area contributed by atoms with Crippen LogP contribution in [0.15, 0.2) is 12.1 Å². The van der Waals surface area contributed by atoms with Crippen molar-refractivity contribution in [1.82, 2.24) is 0 Å². The van der Waals surface area contributed by atoms with Crippen LogP contribution in [0.5, 0.6) is 0 Å². The molecule has 0 atom stereocenters. The zero-order valence-electron chi connectivity index (χ0n) is 8.18. The number of carboxylic acids is 1. The molecule has 0 saturated carbocycles. The van der Waals surface area contributed by atoms with E-state index in [2.05, 4.69) is 0 Å². The lowest BCUT2D eigenvalue weighted by Crippen LogP contribution is -2.17. The van der Waals surface area contributed by atoms with Gasteiger partial charge in [0.25, 0.3) is 0 Å². The number of benzene rings is 1. The molecule has 0 radical (unpaired) electrons. The Morgan fingerprint density at radius 2 is 2.06 bits per heavy atom. The van der Waals surface area contributed by atoms with Crippen molar-refractivity contribution in [1.29, 1.82) is 5.26 Å². The van der Waals surface area contributed by atoms with E-state index in [1.165, 1.54) is 6.07 Å².